The van der Waals surface area contributed by atoms with Gasteiger partial charge in [-0.3, -0.25) is 14.3 Å². The number of rotatable bonds is 5. The van der Waals surface area contributed by atoms with Crippen LogP contribution in [0.15, 0.2) is 30.3 Å². The van der Waals surface area contributed by atoms with Crippen LogP contribution >= 0.6 is 0 Å². The van der Waals surface area contributed by atoms with Crippen molar-refractivity contribution in [2.75, 3.05) is 37.6 Å². The number of benzene rings is 1. The maximum atomic E-state index is 13.1. The molecule has 1 aliphatic rings. The topological polar surface area (TPSA) is 70.5 Å². The number of nitrogens with one attached hydrogen (secondary N) is 1. The number of amides is 2. The Kier molecular flexibility index (Phi) is 6.43. The number of anilines is 1. The second-order valence-electron chi connectivity index (χ2n) is 8.64. The zero-order valence-electron chi connectivity index (χ0n) is 18.1. The fourth-order valence-electron chi connectivity index (χ4n) is 3.44. The molecule has 1 aromatic heterocycles. The second-order valence-corrected chi connectivity index (χ2v) is 8.64. The quantitative estimate of drug-likeness (QED) is 0.814. The Morgan fingerprint density at radius 2 is 1.73 bits per heavy atom. The summed E-state index contributed by atoms with van der Waals surface area (Å²) >= 11 is 0. The van der Waals surface area contributed by atoms with Gasteiger partial charge in [-0.1, -0.05) is 20.8 Å². The molecule has 0 spiro atoms. The molecule has 2 heterocycles. The van der Waals surface area contributed by atoms with Gasteiger partial charge in [-0.05, 0) is 30.3 Å². The molecule has 0 bridgehead atoms. The fraction of sp³-hybridized carbons (Fsp3) is 0.500. The molecule has 1 aliphatic heterocycles. The number of aromatic nitrogens is 2. The van der Waals surface area contributed by atoms with Crippen LogP contribution in [0.2, 0.25) is 0 Å². The highest BCUT2D eigenvalue weighted by molar-refractivity contribution is 5.93. The van der Waals surface area contributed by atoms with Gasteiger partial charge in [0.25, 0.3) is 5.91 Å². The van der Waals surface area contributed by atoms with Crippen molar-refractivity contribution in [2.45, 2.75) is 32.6 Å². The van der Waals surface area contributed by atoms with Crippen LogP contribution in [0.4, 0.5) is 10.1 Å². The molecule has 3 rings (SSSR count). The van der Waals surface area contributed by atoms with Gasteiger partial charge in [0.05, 0.1) is 5.69 Å². The number of carbonyl (C=O) groups excluding carboxylic acids is 2. The van der Waals surface area contributed by atoms with Crippen molar-refractivity contribution in [1.82, 2.24) is 20.0 Å². The maximum Gasteiger partial charge on any atom is 0.269 e. The summed E-state index contributed by atoms with van der Waals surface area (Å²) in [6, 6.07) is 8.20. The summed E-state index contributed by atoms with van der Waals surface area (Å²) in [5.74, 6) is -0.459. The number of piperazine rings is 1. The van der Waals surface area contributed by atoms with Gasteiger partial charge in [-0.2, -0.15) is 5.10 Å². The lowest BCUT2D eigenvalue weighted by molar-refractivity contribution is -0.131. The molecular formula is C22H30FN5O2. The van der Waals surface area contributed by atoms with E-state index in [1.165, 1.54) is 12.1 Å². The first kappa shape index (κ1) is 21.8. The van der Waals surface area contributed by atoms with Crippen molar-refractivity contribution < 1.29 is 14.0 Å². The van der Waals surface area contributed by atoms with Crippen LogP contribution in [0.1, 0.15) is 43.4 Å². The number of carbonyl (C=O) groups is 2. The molecule has 1 aromatic carbocycles. The lowest BCUT2D eigenvalue weighted by atomic mass is 9.92. The number of hydrogen-bond acceptors (Lipinski definition) is 4. The standard InChI is InChI=1S/C22H30FN5O2/c1-22(2,3)19-15-18(26(4)25-19)21(30)24-10-9-20(29)28-13-11-27(12-14-28)17-7-5-16(23)6-8-17/h5-8,15H,9-14H2,1-4H3,(H,24,30). The molecule has 7 nitrogen and oxygen atoms in total. The van der Waals surface area contributed by atoms with Crippen LogP contribution in [-0.2, 0) is 17.3 Å². The van der Waals surface area contributed by atoms with Crippen LogP contribution in [0, 0.1) is 5.82 Å². The van der Waals surface area contributed by atoms with Crippen molar-refractivity contribution >= 4 is 17.5 Å². The first-order chi connectivity index (χ1) is 14.1. The van der Waals surface area contributed by atoms with Crippen LogP contribution in [0.25, 0.3) is 0 Å². The molecule has 0 unspecified atom stereocenters. The van der Waals surface area contributed by atoms with Crippen molar-refractivity contribution in [3.8, 4) is 0 Å². The molecule has 0 radical (unpaired) electrons. The Morgan fingerprint density at radius 1 is 1.10 bits per heavy atom. The van der Waals surface area contributed by atoms with Crippen molar-refractivity contribution in [2.24, 2.45) is 7.05 Å². The lowest BCUT2D eigenvalue weighted by Crippen LogP contribution is -2.49. The first-order valence-corrected chi connectivity index (χ1v) is 10.3. The van der Waals surface area contributed by atoms with Crippen LogP contribution in [0.3, 0.4) is 0 Å². The Morgan fingerprint density at radius 3 is 2.30 bits per heavy atom. The molecule has 0 aliphatic carbocycles. The molecular weight excluding hydrogens is 385 g/mol. The Labute approximate surface area is 176 Å². The van der Waals surface area contributed by atoms with E-state index in [9.17, 15) is 14.0 Å². The average Bonchev–Trinajstić information content (AvgIpc) is 3.11. The van der Waals surface area contributed by atoms with Gasteiger partial charge in [-0.15, -0.1) is 0 Å². The number of hydrogen-bond donors (Lipinski definition) is 1. The maximum absolute atomic E-state index is 13.1. The smallest absolute Gasteiger partial charge is 0.269 e. The van der Waals surface area contributed by atoms with E-state index in [-0.39, 0.29) is 36.0 Å². The minimum absolute atomic E-state index is 0.0226. The summed E-state index contributed by atoms with van der Waals surface area (Å²) in [6.45, 7) is 9.05. The van der Waals surface area contributed by atoms with Crippen molar-refractivity contribution in [3.63, 3.8) is 0 Å². The summed E-state index contributed by atoms with van der Waals surface area (Å²) in [6.07, 6.45) is 0.256. The van der Waals surface area contributed by atoms with Gasteiger partial charge in [0.2, 0.25) is 5.91 Å². The molecule has 8 heteroatoms. The summed E-state index contributed by atoms with van der Waals surface area (Å²) in [4.78, 5) is 28.9. The number of nitrogens with zero attached hydrogens (tertiary/aromatic N) is 4. The fourth-order valence-corrected chi connectivity index (χ4v) is 3.44. The lowest BCUT2D eigenvalue weighted by Gasteiger charge is -2.36. The van der Waals surface area contributed by atoms with Crippen LogP contribution < -0.4 is 10.2 Å². The van der Waals surface area contributed by atoms with E-state index in [1.807, 2.05) is 25.7 Å². The molecule has 2 amide bonds. The average molecular weight is 416 g/mol. The molecule has 2 aromatic rings. The predicted octanol–water partition coefficient (Wildman–Crippen LogP) is 2.33. The summed E-state index contributed by atoms with van der Waals surface area (Å²) < 4.78 is 14.7. The van der Waals surface area contributed by atoms with Crippen LogP contribution in [0.5, 0.6) is 0 Å². The summed E-state index contributed by atoms with van der Waals surface area (Å²) in [5, 5.41) is 7.23. The largest absolute Gasteiger partial charge is 0.368 e. The third-order valence-electron chi connectivity index (χ3n) is 5.33. The highest BCUT2D eigenvalue weighted by Crippen LogP contribution is 2.21. The Bertz CT molecular complexity index is 893. The molecule has 1 saturated heterocycles. The molecule has 0 saturated carbocycles. The Balaban J connectivity index is 1.45. The van der Waals surface area contributed by atoms with Crippen LogP contribution in [-0.4, -0.2) is 59.2 Å². The Hall–Kier alpha value is -2.90. The van der Waals surface area contributed by atoms with Gasteiger partial charge in [0, 0.05) is 57.3 Å². The van der Waals surface area contributed by atoms with E-state index in [2.05, 4.69) is 15.3 Å². The van der Waals surface area contributed by atoms with Gasteiger partial charge >= 0.3 is 0 Å². The minimum atomic E-state index is -0.254. The van der Waals surface area contributed by atoms with E-state index >= 15 is 0 Å². The molecule has 30 heavy (non-hydrogen) atoms. The SMILES string of the molecule is Cn1nc(C(C)(C)C)cc1C(=O)NCCC(=O)N1CCN(c2ccc(F)cc2)CC1. The van der Waals surface area contributed by atoms with E-state index < -0.39 is 0 Å². The normalized spacial score (nSPS) is 14.7. The highest BCUT2D eigenvalue weighted by Gasteiger charge is 2.23. The number of halogens is 1. The monoisotopic (exact) mass is 415 g/mol. The number of aryl methyl sites for hydroxylation is 1. The highest BCUT2D eigenvalue weighted by atomic mass is 19.1. The predicted molar refractivity (Wildman–Crippen MR) is 114 cm³/mol. The van der Waals surface area contributed by atoms with Gasteiger partial charge in [0.1, 0.15) is 11.5 Å². The summed E-state index contributed by atoms with van der Waals surface area (Å²) in [7, 11) is 1.75. The van der Waals surface area contributed by atoms with Crippen molar-refractivity contribution in [1.29, 1.82) is 0 Å². The van der Waals surface area contributed by atoms with E-state index in [1.54, 1.807) is 29.9 Å². The molecule has 162 valence electrons. The molecule has 1 N–H and O–H groups in total. The molecule has 0 atom stereocenters. The zero-order chi connectivity index (χ0) is 21.9. The first-order valence-electron chi connectivity index (χ1n) is 10.3. The zero-order valence-corrected chi connectivity index (χ0v) is 18.1. The van der Waals surface area contributed by atoms with E-state index in [0.29, 0.717) is 31.9 Å². The third-order valence-corrected chi connectivity index (χ3v) is 5.33. The van der Waals surface area contributed by atoms with E-state index in [4.69, 9.17) is 0 Å². The van der Waals surface area contributed by atoms with Crippen molar-refractivity contribution in [3.05, 3.63) is 47.5 Å². The van der Waals surface area contributed by atoms with E-state index in [0.717, 1.165) is 11.4 Å². The van der Waals surface area contributed by atoms with Gasteiger partial charge < -0.3 is 15.1 Å². The minimum Gasteiger partial charge on any atom is -0.368 e. The molecule has 1 fully saturated rings. The third kappa shape index (κ3) is 5.17. The summed E-state index contributed by atoms with van der Waals surface area (Å²) in [5.41, 5.74) is 2.16. The second kappa shape index (κ2) is 8.85. The van der Waals surface area contributed by atoms with Gasteiger partial charge in [0.15, 0.2) is 0 Å². The van der Waals surface area contributed by atoms with Gasteiger partial charge in [-0.25, -0.2) is 4.39 Å².